The third-order valence-corrected chi connectivity index (χ3v) is 3.35. The highest BCUT2D eigenvalue weighted by Crippen LogP contribution is 2.13. The van der Waals surface area contributed by atoms with Crippen molar-refractivity contribution < 1.29 is 5.11 Å². The molecule has 1 atom stereocenters. The third-order valence-electron chi connectivity index (χ3n) is 2.45. The summed E-state index contributed by atoms with van der Waals surface area (Å²) in [5.74, 6) is 2.35. The fourth-order valence-electron chi connectivity index (χ4n) is 1.21. The van der Waals surface area contributed by atoms with Gasteiger partial charge in [0.25, 0.3) is 0 Å². The van der Waals surface area contributed by atoms with Crippen molar-refractivity contribution in [3.8, 4) is 0 Å². The number of rotatable bonds is 8. The van der Waals surface area contributed by atoms with Crippen LogP contribution in [0.5, 0.6) is 0 Å². The van der Waals surface area contributed by atoms with Crippen LogP contribution in [0, 0.1) is 0 Å². The average Bonchev–Trinajstić information content (AvgIpc) is 2.13. The summed E-state index contributed by atoms with van der Waals surface area (Å²) in [5.41, 5.74) is 0.128. The monoisotopic (exact) mass is 205 g/mol. The van der Waals surface area contributed by atoms with Gasteiger partial charge in [-0.05, 0) is 25.5 Å². The van der Waals surface area contributed by atoms with E-state index < -0.39 is 0 Å². The molecule has 0 radical (unpaired) electrons. The quantitative estimate of drug-likeness (QED) is 0.593. The molecule has 0 aliphatic heterocycles. The Morgan fingerprint density at radius 3 is 2.54 bits per heavy atom. The molecule has 0 heterocycles. The lowest BCUT2D eigenvalue weighted by Crippen LogP contribution is -2.43. The molecular formula is C10H23NOS. The maximum Gasteiger partial charge on any atom is 0.0448 e. The van der Waals surface area contributed by atoms with E-state index in [9.17, 15) is 0 Å². The van der Waals surface area contributed by atoms with Crippen LogP contribution in [-0.2, 0) is 0 Å². The number of hydrogen-bond acceptors (Lipinski definition) is 3. The Balaban J connectivity index is 3.57. The second-order valence-electron chi connectivity index (χ2n) is 3.51. The van der Waals surface area contributed by atoms with Gasteiger partial charge in [0.15, 0.2) is 0 Å². The minimum atomic E-state index is 0.128. The van der Waals surface area contributed by atoms with Crippen molar-refractivity contribution in [1.82, 2.24) is 5.32 Å². The Labute approximate surface area is 86.5 Å². The summed E-state index contributed by atoms with van der Waals surface area (Å²) in [6, 6.07) is 0. The molecule has 13 heavy (non-hydrogen) atoms. The molecule has 0 fully saturated rings. The molecule has 2 N–H and O–H groups in total. The van der Waals surface area contributed by atoms with Gasteiger partial charge in [0.2, 0.25) is 0 Å². The standard InChI is InChI=1S/C10H23NOS/c1-4-10(3,6-8-12)11-7-9-13-5-2/h11-12H,4-9H2,1-3H3. The Hall–Kier alpha value is 0.270. The minimum Gasteiger partial charge on any atom is -0.396 e. The predicted octanol–water partition coefficient (Wildman–Crippen LogP) is 1.88. The first-order valence-corrected chi connectivity index (χ1v) is 6.27. The van der Waals surface area contributed by atoms with E-state index in [4.69, 9.17) is 5.11 Å². The highest BCUT2D eigenvalue weighted by atomic mass is 32.2. The number of aliphatic hydroxyl groups is 1. The van der Waals surface area contributed by atoms with E-state index in [0.717, 1.165) is 25.1 Å². The average molecular weight is 205 g/mol. The van der Waals surface area contributed by atoms with Gasteiger partial charge in [-0.2, -0.15) is 11.8 Å². The van der Waals surface area contributed by atoms with E-state index in [-0.39, 0.29) is 12.1 Å². The fraction of sp³-hybridized carbons (Fsp3) is 1.00. The van der Waals surface area contributed by atoms with Crippen LogP contribution >= 0.6 is 11.8 Å². The lowest BCUT2D eigenvalue weighted by atomic mass is 9.95. The summed E-state index contributed by atoms with van der Waals surface area (Å²) in [5, 5.41) is 12.4. The van der Waals surface area contributed by atoms with Crippen molar-refractivity contribution in [2.45, 2.75) is 39.2 Å². The van der Waals surface area contributed by atoms with Crippen LogP contribution in [0.1, 0.15) is 33.6 Å². The highest BCUT2D eigenvalue weighted by Gasteiger charge is 2.19. The maximum absolute atomic E-state index is 8.89. The molecule has 3 heteroatoms. The molecule has 0 aromatic heterocycles. The second-order valence-corrected chi connectivity index (χ2v) is 4.91. The van der Waals surface area contributed by atoms with E-state index in [1.54, 1.807) is 0 Å². The van der Waals surface area contributed by atoms with E-state index in [1.807, 2.05) is 11.8 Å². The fourth-order valence-corrected chi connectivity index (χ4v) is 1.74. The van der Waals surface area contributed by atoms with Crippen LogP contribution in [-0.4, -0.2) is 35.3 Å². The Morgan fingerprint density at radius 2 is 2.08 bits per heavy atom. The molecule has 0 saturated heterocycles. The van der Waals surface area contributed by atoms with Gasteiger partial charge in [-0.3, -0.25) is 0 Å². The zero-order valence-corrected chi connectivity index (χ0v) is 9.91. The first kappa shape index (κ1) is 13.3. The van der Waals surface area contributed by atoms with Gasteiger partial charge in [-0.1, -0.05) is 13.8 Å². The van der Waals surface area contributed by atoms with Gasteiger partial charge in [-0.25, -0.2) is 0 Å². The molecule has 0 bridgehead atoms. The SMILES string of the molecule is CCSCCNC(C)(CC)CCO. The largest absolute Gasteiger partial charge is 0.396 e. The molecule has 2 nitrogen and oxygen atoms in total. The summed E-state index contributed by atoms with van der Waals surface area (Å²) in [6.07, 6.45) is 1.92. The molecule has 0 saturated carbocycles. The van der Waals surface area contributed by atoms with Crippen LogP contribution in [0.25, 0.3) is 0 Å². The lowest BCUT2D eigenvalue weighted by Gasteiger charge is -2.29. The maximum atomic E-state index is 8.89. The first-order chi connectivity index (χ1) is 6.18. The zero-order chi connectivity index (χ0) is 10.2. The first-order valence-electron chi connectivity index (χ1n) is 5.12. The van der Waals surface area contributed by atoms with Gasteiger partial charge < -0.3 is 10.4 Å². The molecular weight excluding hydrogens is 182 g/mol. The van der Waals surface area contributed by atoms with Crippen LogP contribution in [0.3, 0.4) is 0 Å². The molecule has 1 unspecified atom stereocenters. The van der Waals surface area contributed by atoms with Crippen molar-refractivity contribution >= 4 is 11.8 Å². The van der Waals surface area contributed by atoms with E-state index >= 15 is 0 Å². The number of nitrogens with one attached hydrogen (secondary N) is 1. The smallest absolute Gasteiger partial charge is 0.0448 e. The van der Waals surface area contributed by atoms with E-state index in [1.165, 1.54) is 5.75 Å². The van der Waals surface area contributed by atoms with Gasteiger partial charge in [0.05, 0.1) is 0 Å². The van der Waals surface area contributed by atoms with Crippen molar-refractivity contribution in [2.24, 2.45) is 0 Å². The predicted molar refractivity (Wildman–Crippen MR) is 61.4 cm³/mol. The van der Waals surface area contributed by atoms with Crippen LogP contribution < -0.4 is 5.32 Å². The van der Waals surface area contributed by atoms with E-state index in [0.29, 0.717) is 0 Å². The van der Waals surface area contributed by atoms with Crippen LogP contribution in [0.15, 0.2) is 0 Å². The minimum absolute atomic E-state index is 0.128. The number of thioether (sulfide) groups is 1. The molecule has 0 rings (SSSR count). The zero-order valence-electron chi connectivity index (χ0n) is 9.10. The van der Waals surface area contributed by atoms with Crippen molar-refractivity contribution in [3.63, 3.8) is 0 Å². The van der Waals surface area contributed by atoms with Crippen molar-refractivity contribution in [2.75, 3.05) is 24.7 Å². The van der Waals surface area contributed by atoms with Crippen molar-refractivity contribution in [1.29, 1.82) is 0 Å². The van der Waals surface area contributed by atoms with Gasteiger partial charge in [0, 0.05) is 24.4 Å². The Morgan fingerprint density at radius 1 is 1.38 bits per heavy atom. The highest BCUT2D eigenvalue weighted by molar-refractivity contribution is 7.99. The molecule has 0 spiro atoms. The lowest BCUT2D eigenvalue weighted by molar-refractivity contribution is 0.218. The topological polar surface area (TPSA) is 32.3 Å². The normalized spacial score (nSPS) is 15.7. The summed E-state index contributed by atoms with van der Waals surface area (Å²) in [4.78, 5) is 0. The number of aliphatic hydroxyl groups excluding tert-OH is 1. The van der Waals surface area contributed by atoms with Crippen molar-refractivity contribution in [3.05, 3.63) is 0 Å². The third kappa shape index (κ3) is 6.36. The summed E-state index contributed by atoms with van der Waals surface area (Å²) in [6.45, 7) is 7.84. The number of hydrogen-bond donors (Lipinski definition) is 2. The van der Waals surface area contributed by atoms with Gasteiger partial charge in [0.1, 0.15) is 0 Å². The van der Waals surface area contributed by atoms with Crippen LogP contribution in [0.2, 0.25) is 0 Å². The molecule has 0 aliphatic rings. The summed E-state index contributed by atoms with van der Waals surface area (Å²) in [7, 11) is 0. The molecule has 0 aliphatic carbocycles. The van der Waals surface area contributed by atoms with Gasteiger partial charge in [-0.15, -0.1) is 0 Å². The molecule has 80 valence electrons. The molecule has 0 aromatic carbocycles. The molecule has 0 amide bonds. The summed E-state index contributed by atoms with van der Waals surface area (Å²) >= 11 is 1.95. The Kier molecular flexibility index (Phi) is 7.81. The second kappa shape index (κ2) is 7.65. The van der Waals surface area contributed by atoms with E-state index in [2.05, 4.69) is 26.1 Å². The van der Waals surface area contributed by atoms with Crippen LogP contribution in [0.4, 0.5) is 0 Å². The molecule has 0 aromatic rings. The summed E-state index contributed by atoms with van der Waals surface area (Å²) < 4.78 is 0. The van der Waals surface area contributed by atoms with Gasteiger partial charge >= 0.3 is 0 Å². The Bertz CT molecular complexity index is 121.